The van der Waals surface area contributed by atoms with Gasteiger partial charge in [0.1, 0.15) is 0 Å². The topological polar surface area (TPSA) is 40.5 Å². The summed E-state index contributed by atoms with van der Waals surface area (Å²) in [7, 11) is 0. The molecular formula is C14H19NO2. The van der Waals surface area contributed by atoms with Gasteiger partial charge in [0.15, 0.2) is 0 Å². The molecule has 0 bridgehead atoms. The quantitative estimate of drug-likeness (QED) is 0.868. The summed E-state index contributed by atoms with van der Waals surface area (Å²) in [5, 5.41) is 8.98. The second-order valence-corrected chi connectivity index (χ2v) is 5.13. The number of hydrogen-bond donors (Lipinski definition) is 1. The van der Waals surface area contributed by atoms with E-state index >= 15 is 0 Å². The molecule has 1 heterocycles. The Labute approximate surface area is 102 Å². The van der Waals surface area contributed by atoms with Gasteiger partial charge in [-0.1, -0.05) is 32.0 Å². The minimum atomic E-state index is -0.712. The number of para-hydroxylation sites is 1. The smallest absolute Gasteiger partial charge is 0.305 e. The van der Waals surface area contributed by atoms with Crippen LogP contribution in [0.5, 0.6) is 0 Å². The molecular weight excluding hydrogens is 214 g/mol. The lowest BCUT2D eigenvalue weighted by molar-refractivity contribution is -0.137. The van der Waals surface area contributed by atoms with Crippen LogP contribution in [0.15, 0.2) is 24.3 Å². The van der Waals surface area contributed by atoms with Gasteiger partial charge in [0.2, 0.25) is 0 Å². The Kier molecular flexibility index (Phi) is 3.36. The molecule has 1 aromatic rings. The fourth-order valence-electron chi connectivity index (χ4n) is 2.55. The molecule has 0 aliphatic carbocycles. The number of rotatable bonds is 4. The summed E-state index contributed by atoms with van der Waals surface area (Å²) in [5.74, 6) is -0.172. The lowest BCUT2D eigenvalue weighted by Gasteiger charge is -2.28. The van der Waals surface area contributed by atoms with Crippen LogP contribution >= 0.6 is 0 Å². The average molecular weight is 233 g/mol. The van der Waals surface area contributed by atoms with E-state index in [1.165, 1.54) is 11.3 Å². The molecule has 1 unspecified atom stereocenters. The van der Waals surface area contributed by atoms with Crippen molar-refractivity contribution in [3.63, 3.8) is 0 Å². The van der Waals surface area contributed by atoms with Crippen molar-refractivity contribution in [3.8, 4) is 0 Å². The molecule has 1 atom stereocenters. The van der Waals surface area contributed by atoms with E-state index in [2.05, 4.69) is 30.9 Å². The number of anilines is 1. The third kappa shape index (κ3) is 2.60. The summed E-state index contributed by atoms with van der Waals surface area (Å²) in [4.78, 5) is 13.2. The monoisotopic (exact) mass is 233 g/mol. The highest BCUT2D eigenvalue weighted by Crippen LogP contribution is 2.33. The van der Waals surface area contributed by atoms with E-state index < -0.39 is 5.97 Å². The molecule has 0 aromatic heterocycles. The van der Waals surface area contributed by atoms with E-state index in [4.69, 9.17) is 5.11 Å². The number of benzene rings is 1. The maximum atomic E-state index is 10.9. The zero-order valence-corrected chi connectivity index (χ0v) is 10.4. The number of fused-ring (bicyclic) bond motifs is 1. The van der Waals surface area contributed by atoms with Crippen LogP contribution in [0.1, 0.15) is 25.8 Å². The van der Waals surface area contributed by atoms with Crippen LogP contribution in [0.4, 0.5) is 5.69 Å². The van der Waals surface area contributed by atoms with Crippen LogP contribution < -0.4 is 4.90 Å². The fourth-order valence-corrected chi connectivity index (χ4v) is 2.55. The van der Waals surface area contributed by atoms with Gasteiger partial charge >= 0.3 is 5.97 Å². The second-order valence-electron chi connectivity index (χ2n) is 5.13. The minimum absolute atomic E-state index is 0.118. The Morgan fingerprint density at radius 1 is 1.47 bits per heavy atom. The SMILES string of the molecule is CC(C)CN1c2ccccc2CC1CC(=O)O. The van der Waals surface area contributed by atoms with Crippen LogP contribution in [0.3, 0.4) is 0 Å². The molecule has 2 rings (SSSR count). The lowest BCUT2D eigenvalue weighted by Crippen LogP contribution is -2.36. The van der Waals surface area contributed by atoms with Crippen molar-refractivity contribution in [1.29, 1.82) is 0 Å². The lowest BCUT2D eigenvalue weighted by atomic mass is 10.1. The highest BCUT2D eigenvalue weighted by Gasteiger charge is 2.30. The first kappa shape index (κ1) is 12.0. The van der Waals surface area contributed by atoms with Crippen molar-refractivity contribution in [1.82, 2.24) is 0 Å². The number of carboxylic acid groups (broad SMARTS) is 1. The van der Waals surface area contributed by atoms with Crippen LogP contribution in [-0.4, -0.2) is 23.7 Å². The summed E-state index contributed by atoms with van der Waals surface area (Å²) in [6, 6.07) is 8.36. The van der Waals surface area contributed by atoms with Crippen molar-refractivity contribution in [3.05, 3.63) is 29.8 Å². The first-order valence-corrected chi connectivity index (χ1v) is 6.14. The van der Waals surface area contributed by atoms with E-state index in [0.717, 1.165) is 13.0 Å². The van der Waals surface area contributed by atoms with Crippen molar-refractivity contribution in [2.24, 2.45) is 5.92 Å². The predicted octanol–water partition coefficient (Wildman–Crippen LogP) is 2.55. The molecule has 1 N–H and O–H groups in total. The van der Waals surface area contributed by atoms with Crippen LogP contribution in [-0.2, 0) is 11.2 Å². The highest BCUT2D eigenvalue weighted by atomic mass is 16.4. The Morgan fingerprint density at radius 2 is 2.18 bits per heavy atom. The van der Waals surface area contributed by atoms with Crippen LogP contribution in [0.2, 0.25) is 0 Å². The summed E-state index contributed by atoms with van der Waals surface area (Å²) in [5.41, 5.74) is 2.49. The largest absolute Gasteiger partial charge is 0.481 e. The van der Waals surface area contributed by atoms with Crippen molar-refractivity contribution >= 4 is 11.7 Å². The average Bonchev–Trinajstić information content (AvgIpc) is 2.55. The molecule has 92 valence electrons. The number of aliphatic carboxylic acids is 1. The van der Waals surface area contributed by atoms with E-state index in [-0.39, 0.29) is 12.5 Å². The van der Waals surface area contributed by atoms with Gasteiger partial charge in [-0.15, -0.1) is 0 Å². The molecule has 0 amide bonds. The second kappa shape index (κ2) is 4.78. The van der Waals surface area contributed by atoms with Crippen molar-refractivity contribution < 1.29 is 9.90 Å². The number of carboxylic acids is 1. The molecule has 1 aliphatic rings. The predicted molar refractivity (Wildman–Crippen MR) is 68.4 cm³/mol. The van der Waals surface area contributed by atoms with Crippen molar-refractivity contribution in [2.75, 3.05) is 11.4 Å². The molecule has 3 nitrogen and oxygen atoms in total. The number of nitrogens with zero attached hydrogens (tertiary/aromatic N) is 1. The van der Waals surface area contributed by atoms with Gasteiger partial charge in [-0.25, -0.2) is 0 Å². The van der Waals surface area contributed by atoms with Gasteiger partial charge in [-0.2, -0.15) is 0 Å². The molecule has 0 saturated heterocycles. The van der Waals surface area contributed by atoms with Gasteiger partial charge in [0.05, 0.1) is 6.42 Å². The zero-order chi connectivity index (χ0) is 12.4. The first-order valence-electron chi connectivity index (χ1n) is 6.14. The summed E-state index contributed by atoms with van der Waals surface area (Å²) in [6.07, 6.45) is 1.08. The van der Waals surface area contributed by atoms with E-state index in [1.54, 1.807) is 0 Å². The van der Waals surface area contributed by atoms with Crippen molar-refractivity contribution in [2.45, 2.75) is 32.7 Å². The Balaban J connectivity index is 2.23. The molecule has 0 fully saturated rings. The van der Waals surface area contributed by atoms with Gasteiger partial charge in [0.25, 0.3) is 0 Å². The zero-order valence-electron chi connectivity index (χ0n) is 10.4. The van der Waals surface area contributed by atoms with Crippen LogP contribution in [0.25, 0.3) is 0 Å². The molecule has 0 saturated carbocycles. The third-order valence-electron chi connectivity index (χ3n) is 3.17. The van der Waals surface area contributed by atoms with E-state index in [0.29, 0.717) is 5.92 Å². The number of carbonyl (C=O) groups is 1. The van der Waals surface area contributed by atoms with E-state index in [1.807, 2.05) is 12.1 Å². The Hall–Kier alpha value is -1.51. The molecule has 1 aliphatic heterocycles. The maximum absolute atomic E-state index is 10.9. The van der Waals surface area contributed by atoms with Gasteiger partial charge < -0.3 is 10.0 Å². The van der Waals surface area contributed by atoms with E-state index in [9.17, 15) is 4.79 Å². The standard InChI is InChI=1S/C14H19NO2/c1-10(2)9-15-12(8-14(16)17)7-11-5-3-4-6-13(11)15/h3-6,10,12H,7-9H2,1-2H3,(H,16,17). The molecule has 17 heavy (non-hydrogen) atoms. The molecule has 0 spiro atoms. The summed E-state index contributed by atoms with van der Waals surface area (Å²) < 4.78 is 0. The fraction of sp³-hybridized carbons (Fsp3) is 0.500. The van der Waals surface area contributed by atoms with Crippen LogP contribution in [0, 0.1) is 5.92 Å². The molecule has 3 heteroatoms. The van der Waals surface area contributed by atoms with Gasteiger partial charge in [0, 0.05) is 18.3 Å². The van der Waals surface area contributed by atoms with Gasteiger partial charge in [-0.05, 0) is 24.0 Å². The normalized spacial score (nSPS) is 18.5. The van der Waals surface area contributed by atoms with Gasteiger partial charge in [-0.3, -0.25) is 4.79 Å². The number of hydrogen-bond acceptors (Lipinski definition) is 2. The molecule has 0 radical (unpaired) electrons. The Bertz CT molecular complexity index is 414. The summed E-state index contributed by atoms with van der Waals surface area (Å²) >= 11 is 0. The third-order valence-corrected chi connectivity index (χ3v) is 3.17. The minimum Gasteiger partial charge on any atom is -0.481 e. The maximum Gasteiger partial charge on any atom is 0.305 e. The Morgan fingerprint density at radius 3 is 2.82 bits per heavy atom. The summed E-state index contributed by atoms with van der Waals surface area (Å²) in [6.45, 7) is 5.26. The first-order chi connectivity index (χ1) is 8.08. The molecule has 1 aromatic carbocycles. The highest BCUT2D eigenvalue weighted by molar-refractivity contribution is 5.70.